The van der Waals surface area contributed by atoms with Crippen molar-refractivity contribution in [3.05, 3.63) is 0 Å². The summed E-state index contributed by atoms with van der Waals surface area (Å²) in [6.07, 6.45) is 4.36. The normalized spacial score (nSPS) is 28.3. The average molecular weight is 127 g/mol. The summed E-state index contributed by atoms with van der Waals surface area (Å²) in [6, 6.07) is 0. The molecule has 1 atom stereocenters. The number of rotatable bonds is 2. The van der Waals surface area contributed by atoms with E-state index in [9.17, 15) is 0 Å². The topological polar surface area (TPSA) is 26.1 Å². The lowest BCUT2D eigenvalue weighted by molar-refractivity contribution is 0.342. The zero-order valence-electron chi connectivity index (χ0n) is 6.06. The Balaban J connectivity index is 2.08. The molecule has 2 heteroatoms. The Morgan fingerprint density at radius 1 is 1.56 bits per heavy atom. The maximum absolute atomic E-state index is 4.41. The molecule has 1 aliphatic heterocycles. The van der Waals surface area contributed by atoms with Crippen LogP contribution in [-0.2, 0) is 0 Å². The van der Waals surface area contributed by atoms with Crippen LogP contribution in [0, 0.1) is 0 Å². The van der Waals surface area contributed by atoms with Gasteiger partial charge in [0.25, 0.3) is 0 Å². The molecule has 0 amide bonds. The van der Waals surface area contributed by atoms with Crippen molar-refractivity contribution in [1.29, 1.82) is 0 Å². The summed E-state index contributed by atoms with van der Waals surface area (Å²) in [5.41, 5.74) is 0. The first kappa shape index (κ1) is 7.03. The van der Waals surface area contributed by atoms with Crippen LogP contribution in [-0.4, -0.2) is 19.3 Å². The predicted octanol–water partition coefficient (Wildman–Crippen LogP) is 0.710. The Labute approximate surface area is 57.0 Å². The Bertz CT molecular complexity index is 64.6. The molecule has 0 aromatic rings. The van der Waals surface area contributed by atoms with Gasteiger partial charge in [0.2, 0.25) is 0 Å². The molecule has 1 unspecified atom stereocenters. The minimum atomic E-state index is 0.476. The number of nitrogens with one attached hydrogen (secondary N) is 1. The van der Waals surface area contributed by atoms with Crippen LogP contribution in [0.5, 0.6) is 0 Å². The third-order valence-corrected chi connectivity index (χ3v) is 1.67. The fourth-order valence-electron chi connectivity index (χ4n) is 1.19. The molecule has 1 N–H and O–H groups in total. The van der Waals surface area contributed by atoms with Gasteiger partial charge in [0.15, 0.2) is 0 Å². The molecule has 0 aliphatic carbocycles. The lowest BCUT2D eigenvalue weighted by Gasteiger charge is -2.21. The van der Waals surface area contributed by atoms with Gasteiger partial charge in [0.1, 0.15) is 0 Å². The van der Waals surface area contributed by atoms with Crippen LogP contribution in [0.25, 0.3) is 0 Å². The van der Waals surface area contributed by atoms with Crippen LogP contribution in [0.1, 0.15) is 26.2 Å². The zero-order chi connectivity index (χ0) is 6.53. The summed E-state index contributed by atoms with van der Waals surface area (Å²) in [5, 5.41) is 7.73. The summed E-state index contributed by atoms with van der Waals surface area (Å²) in [5.74, 6) is 0. The van der Waals surface area contributed by atoms with Crippen LogP contribution >= 0.6 is 0 Å². The molecule has 0 aromatic carbocycles. The molecule has 1 heterocycles. The molecule has 1 rings (SSSR count). The summed E-state index contributed by atoms with van der Waals surface area (Å²) >= 11 is 0. The van der Waals surface area contributed by atoms with Crippen LogP contribution < -0.4 is 10.6 Å². The van der Waals surface area contributed by atoms with Crippen LogP contribution in [0.4, 0.5) is 0 Å². The van der Waals surface area contributed by atoms with E-state index in [1.165, 1.54) is 19.3 Å². The van der Waals surface area contributed by atoms with Gasteiger partial charge in [0.05, 0.1) is 6.17 Å². The minimum Gasteiger partial charge on any atom is -0.301 e. The average Bonchev–Trinajstić information content (AvgIpc) is 1.91. The molecule has 1 aliphatic rings. The van der Waals surface area contributed by atoms with Crippen LogP contribution in [0.15, 0.2) is 0 Å². The number of hydrogen-bond donors (Lipinski definition) is 1. The van der Waals surface area contributed by atoms with E-state index in [2.05, 4.69) is 17.6 Å². The van der Waals surface area contributed by atoms with E-state index in [0.29, 0.717) is 6.17 Å². The van der Waals surface area contributed by atoms with E-state index in [0.717, 1.165) is 13.1 Å². The van der Waals surface area contributed by atoms with E-state index in [-0.39, 0.29) is 0 Å². The van der Waals surface area contributed by atoms with Gasteiger partial charge in [-0.1, -0.05) is 6.92 Å². The van der Waals surface area contributed by atoms with Crippen molar-refractivity contribution in [3.63, 3.8) is 0 Å². The predicted molar refractivity (Wildman–Crippen MR) is 38.3 cm³/mol. The van der Waals surface area contributed by atoms with Crippen molar-refractivity contribution in [2.24, 2.45) is 0 Å². The van der Waals surface area contributed by atoms with Gasteiger partial charge in [-0.05, 0) is 25.8 Å². The zero-order valence-corrected chi connectivity index (χ0v) is 6.06. The highest BCUT2D eigenvalue weighted by Crippen LogP contribution is 2.05. The molecule has 2 nitrogen and oxygen atoms in total. The van der Waals surface area contributed by atoms with E-state index in [1.807, 2.05) is 0 Å². The lowest BCUT2D eigenvalue weighted by atomic mass is 10.1. The van der Waals surface area contributed by atoms with E-state index in [4.69, 9.17) is 0 Å². The molecular formula is C7H15N2. The van der Waals surface area contributed by atoms with Crippen molar-refractivity contribution in [2.75, 3.05) is 13.1 Å². The molecule has 0 bridgehead atoms. The van der Waals surface area contributed by atoms with Gasteiger partial charge in [-0.2, -0.15) is 0 Å². The van der Waals surface area contributed by atoms with Gasteiger partial charge < -0.3 is 5.32 Å². The Morgan fingerprint density at radius 2 is 2.44 bits per heavy atom. The maximum Gasteiger partial charge on any atom is 0.0735 e. The number of nitrogens with zero attached hydrogens (tertiary/aromatic N) is 1. The molecule has 9 heavy (non-hydrogen) atoms. The highest BCUT2D eigenvalue weighted by atomic mass is 15.1. The van der Waals surface area contributed by atoms with Gasteiger partial charge in [-0.3, -0.25) is 0 Å². The highest BCUT2D eigenvalue weighted by molar-refractivity contribution is 4.67. The van der Waals surface area contributed by atoms with Crippen molar-refractivity contribution >= 4 is 0 Å². The minimum absolute atomic E-state index is 0.476. The first-order chi connectivity index (χ1) is 4.43. The molecule has 53 valence electrons. The first-order valence-electron chi connectivity index (χ1n) is 3.83. The van der Waals surface area contributed by atoms with Crippen LogP contribution in [0.3, 0.4) is 0 Å². The van der Waals surface area contributed by atoms with Crippen molar-refractivity contribution in [1.82, 2.24) is 10.6 Å². The van der Waals surface area contributed by atoms with Crippen LogP contribution in [0.2, 0.25) is 0 Å². The number of piperidine rings is 1. The third-order valence-electron chi connectivity index (χ3n) is 1.67. The summed E-state index contributed by atoms with van der Waals surface area (Å²) < 4.78 is 0. The quantitative estimate of drug-likeness (QED) is 0.581. The Hall–Kier alpha value is -0.0800. The van der Waals surface area contributed by atoms with E-state index in [1.54, 1.807) is 0 Å². The molecule has 1 radical (unpaired) electrons. The second-order valence-electron chi connectivity index (χ2n) is 2.48. The molecular weight excluding hydrogens is 112 g/mol. The second-order valence-corrected chi connectivity index (χ2v) is 2.48. The molecule has 0 spiro atoms. The third kappa shape index (κ3) is 2.33. The van der Waals surface area contributed by atoms with E-state index < -0.39 is 0 Å². The molecule has 1 fully saturated rings. The molecule has 1 saturated heterocycles. The number of hydrogen-bond acceptors (Lipinski definition) is 1. The largest absolute Gasteiger partial charge is 0.301 e. The summed E-state index contributed by atoms with van der Waals surface area (Å²) in [4.78, 5) is 0. The van der Waals surface area contributed by atoms with Crippen molar-refractivity contribution in [3.8, 4) is 0 Å². The second kappa shape index (κ2) is 3.85. The fourth-order valence-corrected chi connectivity index (χ4v) is 1.19. The van der Waals surface area contributed by atoms with Gasteiger partial charge in [-0.15, -0.1) is 0 Å². The molecule has 0 aromatic heterocycles. The van der Waals surface area contributed by atoms with Crippen molar-refractivity contribution in [2.45, 2.75) is 32.4 Å². The standard InChI is InChI=1S/C7H15N2/c1-2-8-7-5-3-4-6-9-7/h7-8H,2-6H2,1H3. The first-order valence-corrected chi connectivity index (χ1v) is 3.83. The van der Waals surface area contributed by atoms with E-state index >= 15 is 0 Å². The van der Waals surface area contributed by atoms with Gasteiger partial charge >= 0.3 is 0 Å². The smallest absolute Gasteiger partial charge is 0.0735 e. The highest BCUT2D eigenvalue weighted by Gasteiger charge is 2.10. The van der Waals surface area contributed by atoms with Gasteiger partial charge in [0, 0.05) is 6.54 Å². The lowest BCUT2D eigenvalue weighted by Crippen LogP contribution is -2.40. The monoisotopic (exact) mass is 127 g/mol. The maximum atomic E-state index is 4.41. The van der Waals surface area contributed by atoms with Gasteiger partial charge in [-0.25, -0.2) is 5.32 Å². The summed E-state index contributed by atoms with van der Waals surface area (Å²) in [6.45, 7) is 4.25. The van der Waals surface area contributed by atoms with Crippen molar-refractivity contribution < 1.29 is 0 Å². The fraction of sp³-hybridized carbons (Fsp3) is 1.00. The molecule has 0 saturated carbocycles. The SMILES string of the molecule is CCNC1CCCC[N]1. The summed E-state index contributed by atoms with van der Waals surface area (Å²) in [7, 11) is 0. The Kier molecular flexibility index (Phi) is 3.01. The Morgan fingerprint density at radius 3 is 3.00 bits per heavy atom.